The summed E-state index contributed by atoms with van der Waals surface area (Å²) in [6, 6.07) is 7.74. The van der Waals surface area contributed by atoms with Crippen molar-refractivity contribution in [3.05, 3.63) is 64.4 Å². The van der Waals surface area contributed by atoms with Crippen LogP contribution in [0.4, 0.5) is 11.6 Å². The molecule has 1 aromatic carbocycles. The van der Waals surface area contributed by atoms with E-state index in [0.29, 0.717) is 11.6 Å². The van der Waals surface area contributed by atoms with Crippen molar-refractivity contribution in [1.82, 2.24) is 24.6 Å². The van der Waals surface area contributed by atoms with E-state index in [2.05, 4.69) is 20.4 Å². The lowest BCUT2D eigenvalue weighted by Crippen LogP contribution is -2.16. The Morgan fingerprint density at radius 2 is 1.91 bits per heavy atom. The number of nitrogen functional groups attached to an aromatic ring is 1. The summed E-state index contributed by atoms with van der Waals surface area (Å²) in [6.45, 7) is 7.88. The number of hydrogen-bond acceptors (Lipinski definition) is 8. The van der Waals surface area contributed by atoms with Crippen LogP contribution in [0, 0.1) is 32.1 Å². The molecule has 4 N–H and O–H groups in total. The number of nitriles is 1. The molecule has 9 nitrogen and oxygen atoms in total. The summed E-state index contributed by atoms with van der Waals surface area (Å²) in [7, 11) is 0. The van der Waals surface area contributed by atoms with Crippen molar-refractivity contribution < 1.29 is 5.11 Å². The predicted molar refractivity (Wildman–Crippen MR) is 122 cm³/mol. The van der Waals surface area contributed by atoms with Crippen molar-refractivity contribution in [1.29, 1.82) is 5.26 Å². The first kappa shape index (κ1) is 21.2. The van der Waals surface area contributed by atoms with E-state index in [1.54, 1.807) is 0 Å². The minimum absolute atomic E-state index is 0.00319. The zero-order valence-corrected chi connectivity index (χ0v) is 18.4. The Bertz CT molecular complexity index is 1350. The average Bonchev–Trinajstić information content (AvgIpc) is 3.14. The molecule has 0 aliphatic rings. The van der Waals surface area contributed by atoms with Crippen LogP contribution >= 0.6 is 0 Å². The Balaban J connectivity index is 1.84. The number of benzene rings is 1. The molecule has 3 aromatic heterocycles. The van der Waals surface area contributed by atoms with E-state index < -0.39 is 0 Å². The van der Waals surface area contributed by atoms with E-state index in [-0.39, 0.29) is 24.0 Å². The fourth-order valence-corrected chi connectivity index (χ4v) is 3.85. The molecule has 0 saturated carbocycles. The lowest BCUT2D eigenvalue weighted by molar-refractivity contribution is 0.280. The molecular weight excluding hydrogens is 404 g/mol. The van der Waals surface area contributed by atoms with Crippen LogP contribution < -0.4 is 11.1 Å². The van der Waals surface area contributed by atoms with Gasteiger partial charge in [-0.3, -0.25) is 0 Å². The standard InChI is InChI=1S/C23H24N8O/c1-12-5-6-31-20(12)19(16-7-13(2)18(10-32)14(3)8-16)29-22(30-31)15(4)28-23-17(9-24)21(25)26-11-27-23/h5-8,11,15,32H,10H2,1-4H3,(H3,25,26,27,28)/t15-/m0/s1. The zero-order valence-electron chi connectivity index (χ0n) is 18.4. The molecule has 0 aliphatic heterocycles. The normalized spacial score (nSPS) is 12.0. The second-order valence-electron chi connectivity index (χ2n) is 7.82. The van der Waals surface area contributed by atoms with E-state index >= 15 is 0 Å². The van der Waals surface area contributed by atoms with Crippen LogP contribution in [-0.4, -0.2) is 29.7 Å². The van der Waals surface area contributed by atoms with Gasteiger partial charge in [-0.05, 0) is 68.1 Å². The van der Waals surface area contributed by atoms with Crippen LogP contribution in [-0.2, 0) is 6.61 Å². The largest absolute Gasteiger partial charge is 0.392 e. The first-order chi connectivity index (χ1) is 15.3. The number of nitrogens with two attached hydrogens (primary N) is 1. The lowest BCUT2D eigenvalue weighted by Gasteiger charge is -2.17. The van der Waals surface area contributed by atoms with E-state index in [0.717, 1.165) is 39.0 Å². The van der Waals surface area contributed by atoms with Crippen LogP contribution in [0.5, 0.6) is 0 Å². The SMILES string of the molecule is Cc1cc(-c2nc([C@H](C)Nc3ncnc(N)c3C#N)nn3ccc(C)c23)cc(C)c1CO. The molecule has 0 aliphatic carbocycles. The third-order valence-electron chi connectivity index (χ3n) is 5.59. The minimum Gasteiger partial charge on any atom is -0.392 e. The number of fused-ring (bicyclic) bond motifs is 1. The molecule has 0 radical (unpaired) electrons. The molecule has 4 aromatic rings. The second-order valence-corrected chi connectivity index (χ2v) is 7.82. The smallest absolute Gasteiger partial charge is 0.171 e. The molecule has 162 valence electrons. The summed E-state index contributed by atoms with van der Waals surface area (Å²) in [5, 5.41) is 27.0. The van der Waals surface area contributed by atoms with Crippen LogP contribution in [0.25, 0.3) is 16.8 Å². The number of aliphatic hydroxyl groups is 1. The second kappa shape index (κ2) is 8.24. The van der Waals surface area contributed by atoms with Crippen molar-refractivity contribution >= 4 is 17.2 Å². The molecule has 0 saturated heterocycles. The number of rotatable bonds is 5. The molecule has 4 rings (SSSR count). The number of hydrogen-bond donors (Lipinski definition) is 3. The third-order valence-corrected chi connectivity index (χ3v) is 5.59. The number of aliphatic hydroxyl groups excluding tert-OH is 1. The van der Waals surface area contributed by atoms with E-state index in [9.17, 15) is 10.4 Å². The van der Waals surface area contributed by atoms with Gasteiger partial charge in [-0.1, -0.05) is 0 Å². The van der Waals surface area contributed by atoms with Gasteiger partial charge in [0, 0.05) is 11.8 Å². The van der Waals surface area contributed by atoms with Crippen LogP contribution in [0.2, 0.25) is 0 Å². The molecule has 9 heteroatoms. The van der Waals surface area contributed by atoms with Gasteiger partial charge >= 0.3 is 0 Å². The number of nitrogens with one attached hydrogen (secondary N) is 1. The van der Waals surface area contributed by atoms with Gasteiger partial charge in [0.05, 0.1) is 23.9 Å². The highest BCUT2D eigenvalue weighted by Gasteiger charge is 2.19. The van der Waals surface area contributed by atoms with Crippen molar-refractivity contribution in [3.8, 4) is 17.3 Å². The number of aromatic nitrogens is 5. The molecular formula is C23H24N8O. The Morgan fingerprint density at radius 3 is 2.56 bits per heavy atom. The monoisotopic (exact) mass is 428 g/mol. The first-order valence-corrected chi connectivity index (χ1v) is 10.2. The highest BCUT2D eigenvalue weighted by molar-refractivity contribution is 5.80. The number of anilines is 2. The maximum absolute atomic E-state index is 9.68. The lowest BCUT2D eigenvalue weighted by atomic mass is 9.97. The first-order valence-electron chi connectivity index (χ1n) is 10.2. The van der Waals surface area contributed by atoms with Gasteiger partial charge in [0.25, 0.3) is 0 Å². The van der Waals surface area contributed by atoms with Gasteiger partial charge in [-0.25, -0.2) is 19.5 Å². The van der Waals surface area contributed by atoms with Gasteiger partial charge in [0.2, 0.25) is 0 Å². The summed E-state index contributed by atoms with van der Waals surface area (Å²) >= 11 is 0. The van der Waals surface area contributed by atoms with Gasteiger partial charge in [0.1, 0.15) is 29.6 Å². The van der Waals surface area contributed by atoms with Crippen LogP contribution in [0.3, 0.4) is 0 Å². The van der Waals surface area contributed by atoms with Crippen LogP contribution in [0.15, 0.2) is 30.7 Å². The Morgan fingerprint density at radius 1 is 1.19 bits per heavy atom. The molecule has 0 fully saturated rings. The summed E-state index contributed by atoms with van der Waals surface area (Å²) in [5.74, 6) is 0.983. The Hall–Kier alpha value is -4.03. The summed E-state index contributed by atoms with van der Waals surface area (Å²) in [6.07, 6.45) is 3.21. The molecule has 32 heavy (non-hydrogen) atoms. The molecule has 0 unspecified atom stereocenters. The summed E-state index contributed by atoms with van der Waals surface area (Å²) in [4.78, 5) is 12.9. The maximum Gasteiger partial charge on any atom is 0.171 e. The summed E-state index contributed by atoms with van der Waals surface area (Å²) < 4.78 is 1.81. The maximum atomic E-state index is 9.68. The fraction of sp³-hybridized carbons (Fsp3) is 0.261. The van der Waals surface area contributed by atoms with Crippen molar-refractivity contribution in [2.45, 2.75) is 40.3 Å². The quantitative estimate of drug-likeness (QED) is 0.440. The van der Waals surface area contributed by atoms with Crippen LogP contribution in [0.1, 0.15) is 46.6 Å². The van der Waals surface area contributed by atoms with Crippen molar-refractivity contribution in [2.75, 3.05) is 11.1 Å². The topological polar surface area (TPSA) is 138 Å². The Kier molecular flexibility index (Phi) is 5.47. The molecule has 1 atom stereocenters. The van der Waals surface area contributed by atoms with E-state index in [4.69, 9.17) is 10.7 Å². The summed E-state index contributed by atoms with van der Waals surface area (Å²) in [5.41, 5.74) is 12.6. The highest BCUT2D eigenvalue weighted by Crippen LogP contribution is 2.30. The van der Waals surface area contributed by atoms with Crippen molar-refractivity contribution in [2.24, 2.45) is 0 Å². The average molecular weight is 429 g/mol. The van der Waals surface area contributed by atoms with Gasteiger partial charge in [0.15, 0.2) is 5.82 Å². The molecule has 3 heterocycles. The fourth-order valence-electron chi connectivity index (χ4n) is 3.85. The molecule has 0 amide bonds. The molecule has 0 spiro atoms. The number of aryl methyl sites for hydroxylation is 3. The van der Waals surface area contributed by atoms with E-state index in [1.807, 2.05) is 62.7 Å². The predicted octanol–water partition coefficient (Wildman–Crippen LogP) is 3.23. The minimum atomic E-state index is -0.360. The highest BCUT2D eigenvalue weighted by atomic mass is 16.3. The van der Waals surface area contributed by atoms with E-state index in [1.165, 1.54) is 6.33 Å². The van der Waals surface area contributed by atoms with Crippen molar-refractivity contribution in [3.63, 3.8) is 0 Å². The third kappa shape index (κ3) is 3.61. The Labute approximate surface area is 185 Å². The molecule has 0 bridgehead atoms. The van der Waals surface area contributed by atoms with Gasteiger partial charge < -0.3 is 16.2 Å². The van der Waals surface area contributed by atoms with Gasteiger partial charge in [-0.15, -0.1) is 0 Å². The zero-order chi connectivity index (χ0) is 23.0. The number of nitrogens with zero attached hydrogens (tertiary/aromatic N) is 6. The van der Waals surface area contributed by atoms with Gasteiger partial charge in [-0.2, -0.15) is 10.4 Å².